The van der Waals surface area contributed by atoms with Gasteiger partial charge in [-0.05, 0) is 18.6 Å². The summed E-state index contributed by atoms with van der Waals surface area (Å²) in [6, 6.07) is 4.15. The van der Waals surface area contributed by atoms with Crippen LogP contribution in [0.5, 0.6) is 0 Å². The molecule has 108 valence electrons. The van der Waals surface area contributed by atoms with E-state index < -0.39 is 12.0 Å². The number of anilines is 1. The first-order valence-electron chi connectivity index (χ1n) is 5.92. The molecule has 0 atom stereocenters. The molecule has 1 aromatic rings. The number of amides is 3. The highest BCUT2D eigenvalue weighted by Crippen LogP contribution is 2.20. The molecule has 0 aliphatic rings. The number of carbonyl (C=O) groups excluding carboxylic acids is 2. The second-order valence-electron chi connectivity index (χ2n) is 4.26. The number of carboxylic acid groups (broad SMARTS) is 1. The first-order valence-corrected chi connectivity index (χ1v) is 5.92. The number of likely N-dealkylation sites (N-methyl/N-ethyl adjacent to an activating group) is 2. The first kappa shape index (κ1) is 15.5. The molecule has 0 unspecified atom stereocenters. The second-order valence-corrected chi connectivity index (χ2v) is 4.26. The Balaban J connectivity index is 2.90. The van der Waals surface area contributed by atoms with Gasteiger partial charge in [0.05, 0.1) is 11.3 Å². The van der Waals surface area contributed by atoms with Gasteiger partial charge in [0.25, 0.3) is 0 Å². The van der Waals surface area contributed by atoms with Gasteiger partial charge in [-0.1, -0.05) is 12.1 Å². The second kappa shape index (κ2) is 6.55. The zero-order chi connectivity index (χ0) is 15.3. The van der Waals surface area contributed by atoms with E-state index >= 15 is 0 Å². The van der Waals surface area contributed by atoms with Crippen LogP contribution < -0.4 is 10.6 Å². The van der Waals surface area contributed by atoms with Crippen LogP contribution in [0.4, 0.5) is 10.5 Å². The number of hydrogen-bond donors (Lipinski definition) is 3. The molecule has 3 N–H and O–H groups in total. The minimum absolute atomic E-state index is 0.00620. The predicted molar refractivity (Wildman–Crippen MR) is 73.9 cm³/mol. The molecule has 1 rings (SSSR count). The van der Waals surface area contributed by atoms with E-state index in [2.05, 4.69) is 10.6 Å². The smallest absolute Gasteiger partial charge is 0.337 e. The molecular formula is C13H17N3O4. The van der Waals surface area contributed by atoms with Gasteiger partial charge in [0.1, 0.15) is 6.54 Å². The van der Waals surface area contributed by atoms with Crippen molar-refractivity contribution >= 4 is 23.6 Å². The van der Waals surface area contributed by atoms with Crippen LogP contribution in [0, 0.1) is 6.92 Å². The van der Waals surface area contributed by atoms with Crippen molar-refractivity contribution in [3.8, 4) is 0 Å². The number of carbonyl (C=O) groups is 3. The summed E-state index contributed by atoms with van der Waals surface area (Å²) in [5.74, 6) is -1.44. The molecule has 0 aliphatic heterocycles. The van der Waals surface area contributed by atoms with Crippen LogP contribution in [0.15, 0.2) is 18.2 Å². The Labute approximate surface area is 116 Å². The maximum absolute atomic E-state index is 11.9. The summed E-state index contributed by atoms with van der Waals surface area (Å²) in [4.78, 5) is 35.4. The number of urea groups is 1. The normalized spacial score (nSPS) is 9.75. The number of para-hydroxylation sites is 1. The van der Waals surface area contributed by atoms with Crippen molar-refractivity contribution in [1.82, 2.24) is 10.2 Å². The molecule has 1 aromatic carbocycles. The fourth-order valence-electron chi connectivity index (χ4n) is 1.58. The Morgan fingerprint density at radius 3 is 2.50 bits per heavy atom. The van der Waals surface area contributed by atoms with Crippen LogP contribution >= 0.6 is 0 Å². The highest BCUT2D eigenvalue weighted by Gasteiger charge is 2.17. The molecule has 0 heterocycles. The van der Waals surface area contributed by atoms with Crippen molar-refractivity contribution in [2.24, 2.45) is 0 Å². The monoisotopic (exact) mass is 279 g/mol. The van der Waals surface area contributed by atoms with Crippen LogP contribution in [-0.2, 0) is 4.79 Å². The van der Waals surface area contributed by atoms with Crippen LogP contribution in [0.1, 0.15) is 15.9 Å². The summed E-state index contributed by atoms with van der Waals surface area (Å²) >= 11 is 0. The van der Waals surface area contributed by atoms with Crippen LogP contribution in [0.25, 0.3) is 0 Å². The number of aromatic carboxylic acids is 1. The number of rotatable bonds is 4. The summed E-state index contributed by atoms with van der Waals surface area (Å²) in [6.45, 7) is 1.58. The number of hydrogen-bond acceptors (Lipinski definition) is 3. The Morgan fingerprint density at radius 2 is 1.95 bits per heavy atom. The predicted octanol–water partition coefficient (Wildman–Crippen LogP) is 0.903. The summed E-state index contributed by atoms with van der Waals surface area (Å²) in [7, 11) is 2.92. The van der Waals surface area contributed by atoms with Gasteiger partial charge < -0.3 is 20.6 Å². The lowest BCUT2D eigenvalue weighted by Crippen LogP contribution is -2.39. The van der Waals surface area contributed by atoms with E-state index in [9.17, 15) is 14.4 Å². The molecule has 0 bridgehead atoms. The van der Waals surface area contributed by atoms with Gasteiger partial charge in [-0.15, -0.1) is 0 Å². The molecule has 0 aliphatic carbocycles. The van der Waals surface area contributed by atoms with Gasteiger partial charge >= 0.3 is 12.0 Å². The first-order chi connectivity index (χ1) is 9.36. The highest BCUT2D eigenvalue weighted by atomic mass is 16.4. The summed E-state index contributed by atoms with van der Waals surface area (Å²) in [5, 5.41) is 14.0. The van der Waals surface area contributed by atoms with E-state index in [4.69, 9.17) is 5.11 Å². The number of benzene rings is 1. The molecule has 7 heteroatoms. The summed E-state index contributed by atoms with van der Waals surface area (Å²) in [6.07, 6.45) is 0. The molecule has 0 spiro atoms. The third-order valence-corrected chi connectivity index (χ3v) is 2.74. The molecule has 20 heavy (non-hydrogen) atoms. The number of carboxylic acids is 1. The molecule has 0 aromatic heterocycles. The zero-order valence-electron chi connectivity index (χ0n) is 11.6. The topological polar surface area (TPSA) is 98.7 Å². The zero-order valence-corrected chi connectivity index (χ0v) is 11.6. The van der Waals surface area contributed by atoms with E-state index in [-0.39, 0.29) is 23.7 Å². The quantitative estimate of drug-likeness (QED) is 0.762. The Bertz CT molecular complexity index is 542. The standard InChI is InChI=1S/C13H17N3O4/c1-8-5-4-6-9(12(18)19)11(8)15-13(20)16(3)7-10(17)14-2/h4-6H,7H2,1-3H3,(H,14,17)(H,15,20)(H,18,19). The Morgan fingerprint density at radius 1 is 1.30 bits per heavy atom. The molecule has 0 saturated carbocycles. The molecule has 0 fully saturated rings. The molecule has 7 nitrogen and oxygen atoms in total. The van der Waals surface area contributed by atoms with E-state index in [1.54, 1.807) is 19.1 Å². The molecule has 0 saturated heterocycles. The minimum atomic E-state index is -1.13. The largest absolute Gasteiger partial charge is 0.478 e. The van der Waals surface area contributed by atoms with Crippen LogP contribution in [0.3, 0.4) is 0 Å². The average molecular weight is 279 g/mol. The van der Waals surface area contributed by atoms with E-state index in [1.807, 2.05) is 0 Å². The van der Waals surface area contributed by atoms with E-state index in [1.165, 1.54) is 20.2 Å². The van der Waals surface area contributed by atoms with Gasteiger partial charge in [0.2, 0.25) is 5.91 Å². The SMILES string of the molecule is CNC(=O)CN(C)C(=O)Nc1c(C)cccc1C(=O)O. The molecular weight excluding hydrogens is 262 g/mol. The van der Waals surface area contributed by atoms with E-state index in [0.29, 0.717) is 5.56 Å². The highest BCUT2D eigenvalue weighted by molar-refractivity contribution is 6.01. The maximum Gasteiger partial charge on any atom is 0.337 e. The maximum atomic E-state index is 11.9. The average Bonchev–Trinajstić information content (AvgIpc) is 2.40. The van der Waals surface area contributed by atoms with Crippen molar-refractivity contribution in [2.45, 2.75) is 6.92 Å². The molecule has 0 radical (unpaired) electrons. The lowest BCUT2D eigenvalue weighted by Gasteiger charge is -2.18. The van der Waals surface area contributed by atoms with Crippen molar-refractivity contribution in [1.29, 1.82) is 0 Å². The van der Waals surface area contributed by atoms with Crippen molar-refractivity contribution in [2.75, 3.05) is 26.0 Å². The number of aryl methyl sites for hydroxylation is 1. The number of nitrogens with zero attached hydrogens (tertiary/aromatic N) is 1. The fourth-order valence-corrected chi connectivity index (χ4v) is 1.58. The van der Waals surface area contributed by atoms with Gasteiger partial charge in [-0.2, -0.15) is 0 Å². The minimum Gasteiger partial charge on any atom is -0.478 e. The third kappa shape index (κ3) is 3.71. The van der Waals surface area contributed by atoms with Gasteiger partial charge in [0, 0.05) is 14.1 Å². The third-order valence-electron chi connectivity index (χ3n) is 2.74. The van der Waals surface area contributed by atoms with Crippen molar-refractivity contribution in [3.05, 3.63) is 29.3 Å². The fraction of sp³-hybridized carbons (Fsp3) is 0.308. The lowest BCUT2D eigenvalue weighted by molar-refractivity contribution is -0.120. The lowest BCUT2D eigenvalue weighted by atomic mass is 10.1. The summed E-state index contributed by atoms with van der Waals surface area (Å²) in [5.41, 5.74) is 0.868. The Hall–Kier alpha value is -2.57. The van der Waals surface area contributed by atoms with Crippen molar-refractivity contribution < 1.29 is 19.5 Å². The summed E-state index contributed by atoms with van der Waals surface area (Å²) < 4.78 is 0. The number of nitrogens with one attached hydrogen (secondary N) is 2. The van der Waals surface area contributed by atoms with Crippen LogP contribution in [0.2, 0.25) is 0 Å². The molecule has 3 amide bonds. The van der Waals surface area contributed by atoms with E-state index in [0.717, 1.165) is 4.90 Å². The van der Waals surface area contributed by atoms with Crippen molar-refractivity contribution in [3.63, 3.8) is 0 Å². The van der Waals surface area contributed by atoms with Crippen LogP contribution in [-0.4, -0.2) is 48.6 Å². The van der Waals surface area contributed by atoms with Gasteiger partial charge in [-0.25, -0.2) is 9.59 Å². The van der Waals surface area contributed by atoms with Gasteiger partial charge in [-0.3, -0.25) is 4.79 Å². The van der Waals surface area contributed by atoms with Gasteiger partial charge in [0.15, 0.2) is 0 Å². The Kier molecular flexibility index (Phi) is 5.08.